The fourth-order valence-electron chi connectivity index (χ4n) is 3.12. The molecule has 0 aliphatic heterocycles. The van der Waals surface area contributed by atoms with Gasteiger partial charge in [-0.05, 0) is 36.4 Å². The first-order valence-electron chi connectivity index (χ1n) is 8.92. The monoisotopic (exact) mass is 389 g/mol. The predicted molar refractivity (Wildman–Crippen MR) is 109 cm³/mol. The first kappa shape index (κ1) is 16.7. The van der Waals surface area contributed by atoms with Crippen molar-refractivity contribution in [2.75, 3.05) is 0 Å². The second-order valence-corrected chi connectivity index (χ2v) is 7.46. The number of hydrogen-bond acceptors (Lipinski definition) is 3. The maximum absolute atomic E-state index is 6.07. The van der Waals surface area contributed by atoms with E-state index in [-0.39, 0.29) is 0 Å². The highest BCUT2D eigenvalue weighted by atomic mass is 31.1. The molecule has 138 valence electrons. The van der Waals surface area contributed by atoms with Crippen LogP contribution in [0.3, 0.4) is 0 Å². The van der Waals surface area contributed by atoms with Gasteiger partial charge in [0, 0.05) is 10.8 Å². The Hall–Kier alpha value is -3.43. The summed E-state index contributed by atoms with van der Waals surface area (Å²) in [6.45, 7) is 0. The van der Waals surface area contributed by atoms with E-state index in [1.165, 1.54) is 0 Å². The first-order chi connectivity index (χ1) is 13.8. The van der Waals surface area contributed by atoms with Crippen molar-refractivity contribution in [1.82, 2.24) is 4.57 Å². The van der Waals surface area contributed by atoms with Gasteiger partial charge in [0.2, 0.25) is 6.33 Å². The van der Waals surface area contributed by atoms with Crippen LogP contribution in [0.5, 0.6) is 5.75 Å². The average Bonchev–Trinajstić information content (AvgIpc) is 3.09. The fraction of sp³-hybridized carbons (Fsp3) is 0.0455. The zero-order valence-corrected chi connectivity index (χ0v) is 16.1. The van der Waals surface area contributed by atoms with Gasteiger partial charge in [0.05, 0.1) is 7.05 Å². The van der Waals surface area contributed by atoms with Crippen LogP contribution < -0.4 is 9.09 Å². The summed E-state index contributed by atoms with van der Waals surface area (Å²) >= 11 is 0. The molecule has 0 bridgehead atoms. The minimum Gasteiger partial charge on any atom is -0.391 e. The number of para-hydroxylation sites is 2. The zero-order valence-electron chi connectivity index (χ0n) is 15.2. The molecule has 0 aliphatic rings. The zero-order chi connectivity index (χ0) is 18.9. The minimum atomic E-state index is -1.62. The molecule has 2 aromatic heterocycles. The van der Waals surface area contributed by atoms with Crippen LogP contribution in [0.15, 0.2) is 99.9 Å². The Bertz CT molecular complexity index is 1250. The smallest absolute Gasteiger partial charge is 0.391 e. The number of nitrogens with zero attached hydrogens (tertiary/aromatic N) is 2. The van der Waals surface area contributed by atoms with Crippen molar-refractivity contribution >= 4 is 30.2 Å². The van der Waals surface area contributed by atoms with E-state index in [9.17, 15) is 0 Å². The molecule has 5 rings (SSSR count). The van der Waals surface area contributed by atoms with E-state index in [0.717, 1.165) is 27.6 Å². The van der Waals surface area contributed by atoms with Crippen molar-refractivity contribution in [2.45, 2.75) is 0 Å². The van der Waals surface area contributed by atoms with Gasteiger partial charge in [-0.15, -0.1) is 0 Å². The Labute approximate surface area is 162 Å². The lowest BCUT2D eigenvalue weighted by Crippen LogP contribution is -2.23. The molecule has 0 saturated heterocycles. The van der Waals surface area contributed by atoms with Crippen molar-refractivity contribution in [2.24, 2.45) is 7.05 Å². The topological polar surface area (TPSA) is 44.3 Å². The van der Waals surface area contributed by atoms with E-state index in [4.69, 9.17) is 12.9 Å². The second-order valence-electron chi connectivity index (χ2n) is 6.47. The standard InChI is InChI=1S/C22H18N2O3P/c1-23-14-15-24(16-23)17-10-12-18(13-11-17)25-28-26-21-8-4-2-6-19(21)20-7-3-5-9-22(20)27-28/h2-16H,1H3/q+1. The Kier molecular flexibility index (Phi) is 4.15. The van der Waals surface area contributed by atoms with E-state index in [0.29, 0.717) is 5.75 Å². The molecule has 28 heavy (non-hydrogen) atoms. The van der Waals surface area contributed by atoms with Crippen LogP contribution in [0, 0.1) is 0 Å². The SMILES string of the molecule is C[n+]1ccn(-c2ccc(Op3oc4ccccc4c4ccccc4o3)cc2)c1. The number of imidazole rings is 1. The van der Waals surface area contributed by atoms with Crippen molar-refractivity contribution in [3.05, 3.63) is 91.5 Å². The van der Waals surface area contributed by atoms with E-state index in [1.807, 2.05) is 108 Å². The lowest BCUT2D eigenvalue weighted by molar-refractivity contribution is -0.670. The molecule has 3 aromatic carbocycles. The van der Waals surface area contributed by atoms with Crippen LogP contribution in [-0.2, 0) is 7.05 Å². The third-order valence-electron chi connectivity index (χ3n) is 4.49. The summed E-state index contributed by atoms with van der Waals surface area (Å²) in [6.07, 6.45) is 6.01. The largest absolute Gasteiger partial charge is 0.453 e. The van der Waals surface area contributed by atoms with Crippen molar-refractivity contribution in [1.29, 1.82) is 0 Å². The summed E-state index contributed by atoms with van der Waals surface area (Å²) in [7, 11) is 0.375. The van der Waals surface area contributed by atoms with Gasteiger partial charge in [0.1, 0.15) is 35.0 Å². The Morgan fingerprint density at radius 1 is 0.821 bits per heavy atom. The highest BCUT2D eigenvalue weighted by Gasteiger charge is 2.09. The molecule has 0 radical (unpaired) electrons. The van der Waals surface area contributed by atoms with E-state index in [1.54, 1.807) is 0 Å². The Balaban J connectivity index is 1.56. The first-order valence-corrected chi connectivity index (χ1v) is 10.0. The van der Waals surface area contributed by atoms with E-state index in [2.05, 4.69) is 0 Å². The number of rotatable bonds is 3. The van der Waals surface area contributed by atoms with Gasteiger partial charge >= 0.3 is 8.24 Å². The molecule has 5 nitrogen and oxygen atoms in total. The summed E-state index contributed by atoms with van der Waals surface area (Å²) in [5.74, 6) is 0.697. The molecule has 0 N–H and O–H groups in total. The lowest BCUT2D eigenvalue weighted by atomic mass is 10.1. The van der Waals surface area contributed by atoms with Crippen LogP contribution in [-0.4, -0.2) is 4.57 Å². The molecule has 0 spiro atoms. The van der Waals surface area contributed by atoms with E-state index < -0.39 is 8.24 Å². The van der Waals surface area contributed by atoms with Crippen molar-refractivity contribution in [3.63, 3.8) is 0 Å². The molecular weight excluding hydrogens is 371 g/mol. The van der Waals surface area contributed by atoms with Crippen LogP contribution in [0.4, 0.5) is 0 Å². The molecule has 0 aliphatic carbocycles. The van der Waals surface area contributed by atoms with Gasteiger partial charge in [-0.1, -0.05) is 36.4 Å². The number of aromatic nitrogens is 2. The van der Waals surface area contributed by atoms with Crippen molar-refractivity contribution in [3.8, 4) is 11.4 Å². The molecule has 6 heteroatoms. The molecule has 0 fully saturated rings. The summed E-state index contributed by atoms with van der Waals surface area (Å²) in [5.41, 5.74) is 2.57. The highest BCUT2D eigenvalue weighted by molar-refractivity contribution is 7.32. The number of hydrogen-bond donors (Lipinski definition) is 0. The van der Waals surface area contributed by atoms with Crippen LogP contribution in [0.2, 0.25) is 0 Å². The normalized spacial score (nSPS) is 11.0. The molecule has 0 unspecified atom stereocenters. The van der Waals surface area contributed by atoms with Crippen LogP contribution >= 0.6 is 8.24 Å². The fourth-order valence-corrected chi connectivity index (χ4v) is 4.17. The molecule has 0 saturated carbocycles. The maximum Gasteiger partial charge on any atom is 0.453 e. The van der Waals surface area contributed by atoms with Crippen molar-refractivity contribution < 1.29 is 17.5 Å². The Morgan fingerprint density at radius 2 is 1.43 bits per heavy atom. The quantitative estimate of drug-likeness (QED) is 0.369. The summed E-state index contributed by atoms with van der Waals surface area (Å²) in [4.78, 5) is 0. The predicted octanol–water partition coefficient (Wildman–Crippen LogP) is 5.75. The molecule has 5 aromatic rings. The van der Waals surface area contributed by atoms with E-state index >= 15 is 0 Å². The number of fused-ring (bicyclic) bond motifs is 3. The van der Waals surface area contributed by atoms with Crippen LogP contribution in [0.25, 0.3) is 27.6 Å². The molecule has 0 amide bonds. The summed E-state index contributed by atoms with van der Waals surface area (Å²) < 4.78 is 22.2. The molecule has 0 atom stereocenters. The Morgan fingerprint density at radius 3 is 2.00 bits per heavy atom. The summed E-state index contributed by atoms with van der Waals surface area (Å²) in [6, 6.07) is 23.7. The third-order valence-corrected chi connectivity index (χ3v) is 5.55. The van der Waals surface area contributed by atoms with Gasteiger partial charge in [0.25, 0.3) is 0 Å². The number of benzene rings is 3. The van der Waals surface area contributed by atoms with Gasteiger partial charge in [-0.25, -0.2) is 9.13 Å². The highest BCUT2D eigenvalue weighted by Crippen LogP contribution is 2.36. The second kappa shape index (κ2) is 6.95. The van der Waals surface area contributed by atoms with Gasteiger partial charge in [-0.2, -0.15) is 0 Å². The molecular formula is C22H18N2O3P+. The average molecular weight is 389 g/mol. The van der Waals surface area contributed by atoms with Gasteiger partial charge in [-0.3, -0.25) is 0 Å². The third kappa shape index (κ3) is 3.17. The summed E-state index contributed by atoms with van der Waals surface area (Å²) in [5, 5.41) is 2.00. The van der Waals surface area contributed by atoms with Gasteiger partial charge in [0.15, 0.2) is 0 Å². The molecule has 2 heterocycles. The van der Waals surface area contributed by atoms with Gasteiger partial charge < -0.3 is 12.9 Å². The lowest BCUT2D eigenvalue weighted by Gasteiger charge is -2.02. The maximum atomic E-state index is 6.07. The number of aryl methyl sites for hydroxylation is 1. The van der Waals surface area contributed by atoms with Crippen LogP contribution in [0.1, 0.15) is 0 Å². The minimum absolute atomic E-state index is 0.697.